The smallest absolute Gasteiger partial charge is 0.335 e. The maximum absolute atomic E-state index is 13.2. The van der Waals surface area contributed by atoms with E-state index >= 15 is 0 Å². The van der Waals surface area contributed by atoms with Crippen LogP contribution >= 0.6 is 0 Å². The lowest BCUT2D eigenvalue weighted by molar-refractivity contribution is -0.384. The highest BCUT2D eigenvalue weighted by Crippen LogP contribution is 2.31. The van der Waals surface area contributed by atoms with Gasteiger partial charge in [0.25, 0.3) is 11.6 Å². The van der Waals surface area contributed by atoms with Crippen molar-refractivity contribution in [2.45, 2.75) is 33.4 Å². The Balaban J connectivity index is 1.43. The van der Waals surface area contributed by atoms with Crippen molar-refractivity contribution in [2.24, 2.45) is 0 Å². The van der Waals surface area contributed by atoms with E-state index in [1.165, 1.54) is 12.1 Å². The number of aromatic nitrogens is 1. The second-order valence-corrected chi connectivity index (χ2v) is 10.1. The number of carboxylic acid groups (broad SMARTS) is 1. The molecule has 0 saturated carbocycles. The summed E-state index contributed by atoms with van der Waals surface area (Å²) < 4.78 is 2.21. The molecule has 1 aromatic heterocycles. The number of fused-ring (bicyclic) bond motifs is 1. The maximum Gasteiger partial charge on any atom is 0.335 e. The molecule has 1 amide bonds. The number of rotatable bonds is 8. The Bertz CT molecular complexity index is 1800. The molecule has 1 atom stereocenters. The van der Waals surface area contributed by atoms with Gasteiger partial charge in [-0.2, -0.15) is 0 Å². The zero-order chi connectivity index (χ0) is 29.3. The number of amides is 1. The largest absolute Gasteiger partial charge is 0.478 e. The van der Waals surface area contributed by atoms with Gasteiger partial charge in [0.05, 0.1) is 16.5 Å². The first-order valence-corrected chi connectivity index (χ1v) is 13.2. The quantitative estimate of drug-likeness (QED) is 0.159. The number of carboxylic acids is 1. The van der Waals surface area contributed by atoms with Crippen LogP contribution < -0.4 is 5.32 Å². The lowest BCUT2D eigenvalue weighted by atomic mass is 9.98. The van der Waals surface area contributed by atoms with Crippen LogP contribution in [0.5, 0.6) is 0 Å². The first kappa shape index (κ1) is 27.3. The van der Waals surface area contributed by atoms with Crippen LogP contribution in [0.15, 0.2) is 91.0 Å². The second kappa shape index (κ2) is 11.1. The molecule has 0 aliphatic heterocycles. The molecule has 0 aliphatic carbocycles. The molecule has 41 heavy (non-hydrogen) atoms. The molecule has 1 heterocycles. The van der Waals surface area contributed by atoms with Gasteiger partial charge < -0.3 is 15.0 Å². The highest BCUT2D eigenvalue weighted by atomic mass is 16.6. The van der Waals surface area contributed by atoms with Gasteiger partial charge in [-0.3, -0.25) is 14.9 Å². The predicted molar refractivity (Wildman–Crippen MR) is 158 cm³/mol. The molecular formula is C33H29N3O5. The normalized spacial score (nSPS) is 11.8. The molecule has 8 heteroatoms. The summed E-state index contributed by atoms with van der Waals surface area (Å²) in [5.41, 5.74) is 7.54. The molecule has 5 aromatic rings. The van der Waals surface area contributed by atoms with E-state index in [0.29, 0.717) is 12.1 Å². The van der Waals surface area contributed by atoms with Crippen molar-refractivity contribution in [3.63, 3.8) is 0 Å². The van der Waals surface area contributed by atoms with Crippen LogP contribution in [0.1, 0.15) is 56.1 Å². The number of non-ortho nitro benzene ring substituents is 1. The zero-order valence-corrected chi connectivity index (χ0v) is 22.9. The molecule has 0 saturated heterocycles. The number of carbonyl (C=O) groups excluding carboxylic acids is 1. The fraction of sp³-hybridized carbons (Fsp3) is 0.152. The lowest BCUT2D eigenvalue weighted by Crippen LogP contribution is -2.26. The summed E-state index contributed by atoms with van der Waals surface area (Å²) in [6.45, 7) is 6.51. The van der Waals surface area contributed by atoms with Crippen LogP contribution in [0.25, 0.3) is 22.0 Å². The van der Waals surface area contributed by atoms with E-state index in [2.05, 4.69) is 16.8 Å². The van der Waals surface area contributed by atoms with Gasteiger partial charge in [-0.25, -0.2) is 4.79 Å². The van der Waals surface area contributed by atoms with Crippen molar-refractivity contribution in [1.29, 1.82) is 0 Å². The molecule has 0 spiro atoms. The third kappa shape index (κ3) is 5.45. The molecule has 2 N–H and O–H groups in total. The van der Waals surface area contributed by atoms with Crippen LogP contribution in [0.4, 0.5) is 5.69 Å². The molecule has 0 radical (unpaired) electrons. The monoisotopic (exact) mass is 547 g/mol. The van der Waals surface area contributed by atoms with Crippen molar-refractivity contribution >= 4 is 28.5 Å². The van der Waals surface area contributed by atoms with Crippen molar-refractivity contribution in [3.05, 3.63) is 135 Å². The number of carbonyl (C=O) groups is 2. The van der Waals surface area contributed by atoms with Gasteiger partial charge in [-0.05, 0) is 78.9 Å². The summed E-state index contributed by atoms with van der Waals surface area (Å²) >= 11 is 0. The number of hydrogen-bond acceptors (Lipinski definition) is 4. The number of nitrogens with one attached hydrogen (secondary N) is 1. The number of aromatic carboxylic acids is 1. The van der Waals surface area contributed by atoms with Crippen molar-refractivity contribution in [2.75, 3.05) is 0 Å². The Morgan fingerprint density at radius 3 is 2.37 bits per heavy atom. The Kier molecular flexibility index (Phi) is 7.40. The summed E-state index contributed by atoms with van der Waals surface area (Å²) in [5, 5.41) is 24.4. The van der Waals surface area contributed by atoms with Gasteiger partial charge in [0, 0.05) is 40.8 Å². The maximum atomic E-state index is 13.2. The van der Waals surface area contributed by atoms with Gasteiger partial charge in [-0.15, -0.1) is 0 Å². The molecule has 0 fully saturated rings. The molecule has 0 bridgehead atoms. The topological polar surface area (TPSA) is 114 Å². The van der Waals surface area contributed by atoms with Gasteiger partial charge in [0.15, 0.2) is 0 Å². The van der Waals surface area contributed by atoms with E-state index in [4.69, 9.17) is 0 Å². The van der Waals surface area contributed by atoms with E-state index in [0.717, 1.165) is 44.4 Å². The number of aryl methyl sites for hydroxylation is 1. The predicted octanol–water partition coefficient (Wildman–Crippen LogP) is 7.07. The number of nitro benzene ring substituents is 1. The third-order valence-electron chi connectivity index (χ3n) is 7.62. The zero-order valence-electron chi connectivity index (χ0n) is 22.9. The minimum Gasteiger partial charge on any atom is -0.478 e. The van der Waals surface area contributed by atoms with E-state index in [1.807, 2.05) is 56.3 Å². The van der Waals surface area contributed by atoms with Crippen LogP contribution in [0, 0.1) is 24.0 Å². The summed E-state index contributed by atoms with van der Waals surface area (Å²) in [6, 6.07) is 26.4. The summed E-state index contributed by atoms with van der Waals surface area (Å²) in [5.74, 6) is -1.19. The molecule has 206 valence electrons. The van der Waals surface area contributed by atoms with Crippen molar-refractivity contribution in [1.82, 2.24) is 9.88 Å². The van der Waals surface area contributed by atoms with E-state index in [9.17, 15) is 24.8 Å². The average molecular weight is 548 g/mol. The Morgan fingerprint density at radius 2 is 1.66 bits per heavy atom. The minimum absolute atomic E-state index is 0.00416. The van der Waals surface area contributed by atoms with Gasteiger partial charge >= 0.3 is 5.97 Å². The van der Waals surface area contributed by atoms with Gasteiger partial charge in [0.1, 0.15) is 0 Å². The molecule has 8 nitrogen and oxygen atoms in total. The van der Waals surface area contributed by atoms with Gasteiger partial charge in [-0.1, -0.05) is 48.5 Å². The first-order valence-electron chi connectivity index (χ1n) is 13.2. The molecule has 4 aromatic carbocycles. The van der Waals surface area contributed by atoms with Crippen LogP contribution in [-0.2, 0) is 6.54 Å². The number of hydrogen-bond donors (Lipinski definition) is 2. The van der Waals surface area contributed by atoms with Crippen LogP contribution in [0.2, 0.25) is 0 Å². The third-order valence-corrected chi connectivity index (χ3v) is 7.62. The standard InChI is InChI=1S/C33H29N3O5/c1-20-22(3)35(19-27-7-4-5-10-29(27)24-8-6-9-26(17-24)33(38)39)31-16-13-25(18-30(20)31)32(37)34-21(2)23-11-14-28(15-12-23)36(40)41/h4-18,21H,19H2,1-3H3,(H,34,37)(H,38,39). The van der Waals surface area contributed by atoms with E-state index in [-0.39, 0.29) is 23.2 Å². The Labute approximate surface area is 237 Å². The van der Waals surface area contributed by atoms with Crippen LogP contribution in [0.3, 0.4) is 0 Å². The fourth-order valence-electron chi connectivity index (χ4n) is 5.17. The highest BCUT2D eigenvalue weighted by molar-refractivity contribution is 5.99. The van der Waals surface area contributed by atoms with Crippen molar-refractivity contribution in [3.8, 4) is 11.1 Å². The average Bonchev–Trinajstić information content (AvgIpc) is 3.21. The molecule has 1 unspecified atom stereocenters. The number of benzene rings is 4. The van der Waals surface area contributed by atoms with E-state index in [1.54, 1.807) is 36.4 Å². The molecule has 0 aliphatic rings. The van der Waals surface area contributed by atoms with Crippen molar-refractivity contribution < 1.29 is 19.6 Å². The first-order chi connectivity index (χ1) is 19.6. The molecular weight excluding hydrogens is 518 g/mol. The Hall–Kier alpha value is -5.24. The number of nitrogens with zero attached hydrogens (tertiary/aromatic N) is 2. The van der Waals surface area contributed by atoms with Gasteiger partial charge in [0.2, 0.25) is 0 Å². The summed E-state index contributed by atoms with van der Waals surface area (Å²) in [7, 11) is 0. The summed E-state index contributed by atoms with van der Waals surface area (Å²) in [4.78, 5) is 35.2. The molecule has 5 rings (SSSR count). The lowest BCUT2D eigenvalue weighted by Gasteiger charge is -2.15. The van der Waals surface area contributed by atoms with Crippen LogP contribution in [-0.4, -0.2) is 26.5 Å². The SMILES string of the molecule is Cc1c(C)n(Cc2ccccc2-c2cccc(C(=O)O)c2)c2ccc(C(=O)NC(C)c3ccc([N+](=O)[O-])cc3)cc12. The number of nitro groups is 1. The van der Waals surface area contributed by atoms with E-state index < -0.39 is 10.9 Å². The minimum atomic E-state index is -0.964. The highest BCUT2D eigenvalue weighted by Gasteiger charge is 2.18. The summed E-state index contributed by atoms with van der Waals surface area (Å²) in [6.07, 6.45) is 0. The fourth-order valence-corrected chi connectivity index (χ4v) is 5.17. The Morgan fingerprint density at radius 1 is 0.927 bits per heavy atom. The second-order valence-electron chi connectivity index (χ2n) is 10.1.